The number of aryl methyl sites for hydroxylation is 1. The van der Waals surface area contributed by atoms with Crippen molar-refractivity contribution in [2.45, 2.75) is 6.92 Å². The van der Waals surface area contributed by atoms with Crippen LogP contribution in [0, 0.1) is 24.4 Å². The molecule has 0 aliphatic carbocycles. The SMILES string of the molecule is Cc1nc(NCCNC(=O)c2ccc(F)c(F)c2F)cc(-n2cccn2)n1. The van der Waals surface area contributed by atoms with E-state index in [-0.39, 0.29) is 13.1 Å². The number of amides is 1. The highest BCUT2D eigenvalue weighted by molar-refractivity contribution is 5.94. The minimum absolute atomic E-state index is 0.109. The van der Waals surface area contributed by atoms with Crippen LogP contribution in [0.4, 0.5) is 19.0 Å². The summed E-state index contributed by atoms with van der Waals surface area (Å²) in [7, 11) is 0. The van der Waals surface area contributed by atoms with E-state index in [1.165, 1.54) is 0 Å². The van der Waals surface area contributed by atoms with Gasteiger partial charge in [-0.15, -0.1) is 0 Å². The first-order chi connectivity index (χ1) is 13.0. The first-order valence-corrected chi connectivity index (χ1v) is 7.97. The van der Waals surface area contributed by atoms with Crippen LogP contribution in [0.1, 0.15) is 16.2 Å². The van der Waals surface area contributed by atoms with Crippen LogP contribution in [0.2, 0.25) is 0 Å². The van der Waals surface area contributed by atoms with Gasteiger partial charge in [-0.25, -0.2) is 27.8 Å². The number of carbonyl (C=O) groups is 1. The summed E-state index contributed by atoms with van der Waals surface area (Å²) in [5.74, 6) is -3.77. The van der Waals surface area contributed by atoms with Crippen molar-refractivity contribution in [1.82, 2.24) is 25.1 Å². The van der Waals surface area contributed by atoms with Gasteiger partial charge in [0.25, 0.3) is 5.91 Å². The average Bonchev–Trinajstić information content (AvgIpc) is 3.17. The summed E-state index contributed by atoms with van der Waals surface area (Å²) in [6.45, 7) is 2.11. The Morgan fingerprint density at radius 3 is 2.70 bits per heavy atom. The van der Waals surface area contributed by atoms with Crippen molar-refractivity contribution in [3.05, 3.63) is 65.5 Å². The number of nitrogens with zero attached hydrogens (tertiary/aromatic N) is 4. The molecule has 0 saturated heterocycles. The Hall–Kier alpha value is -3.43. The molecule has 1 aromatic carbocycles. The van der Waals surface area contributed by atoms with E-state index in [0.717, 1.165) is 6.07 Å². The lowest BCUT2D eigenvalue weighted by Gasteiger charge is -2.10. The molecule has 0 bridgehead atoms. The van der Waals surface area contributed by atoms with Gasteiger partial charge < -0.3 is 10.6 Å². The molecule has 3 aromatic rings. The largest absolute Gasteiger partial charge is 0.368 e. The Morgan fingerprint density at radius 2 is 1.96 bits per heavy atom. The smallest absolute Gasteiger partial charge is 0.254 e. The second-order valence-electron chi connectivity index (χ2n) is 5.51. The molecule has 2 heterocycles. The van der Waals surface area contributed by atoms with E-state index in [4.69, 9.17) is 0 Å². The Bertz CT molecular complexity index is 962. The van der Waals surface area contributed by atoms with Crippen molar-refractivity contribution < 1.29 is 18.0 Å². The Balaban J connectivity index is 1.58. The lowest BCUT2D eigenvalue weighted by Crippen LogP contribution is -2.30. The van der Waals surface area contributed by atoms with E-state index in [9.17, 15) is 18.0 Å². The fourth-order valence-corrected chi connectivity index (χ4v) is 2.33. The highest BCUT2D eigenvalue weighted by Gasteiger charge is 2.18. The van der Waals surface area contributed by atoms with Gasteiger partial charge in [0.1, 0.15) is 11.6 Å². The molecule has 2 aromatic heterocycles. The summed E-state index contributed by atoms with van der Waals surface area (Å²) in [4.78, 5) is 20.4. The molecule has 0 fully saturated rings. The molecule has 0 spiro atoms. The van der Waals surface area contributed by atoms with Gasteiger partial charge in [-0.1, -0.05) is 0 Å². The predicted molar refractivity (Wildman–Crippen MR) is 91.0 cm³/mol. The third kappa shape index (κ3) is 4.22. The number of aromatic nitrogens is 4. The molecule has 7 nitrogen and oxygen atoms in total. The predicted octanol–water partition coefficient (Wildman–Crippen LogP) is 2.23. The van der Waals surface area contributed by atoms with Gasteiger partial charge in [0.2, 0.25) is 0 Å². The molecule has 27 heavy (non-hydrogen) atoms. The summed E-state index contributed by atoms with van der Waals surface area (Å²) >= 11 is 0. The van der Waals surface area contributed by atoms with Crippen molar-refractivity contribution >= 4 is 11.7 Å². The summed E-state index contributed by atoms with van der Waals surface area (Å²) in [5, 5.41) is 9.51. The Morgan fingerprint density at radius 1 is 1.15 bits per heavy atom. The number of nitrogens with one attached hydrogen (secondary N) is 2. The Labute approximate surface area is 152 Å². The lowest BCUT2D eigenvalue weighted by atomic mass is 10.2. The Kier molecular flexibility index (Phi) is 5.34. The van der Waals surface area contributed by atoms with Crippen LogP contribution in [0.15, 0.2) is 36.7 Å². The monoisotopic (exact) mass is 376 g/mol. The average molecular weight is 376 g/mol. The molecular formula is C17H15F3N6O. The molecule has 3 rings (SSSR count). The zero-order valence-electron chi connectivity index (χ0n) is 14.2. The van der Waals surface area contributed by atoms with Crippen LogP contribution in [0.3, 0.4) is 0 Å². The number of halogens is 3. The molecule has 0 aliphatic heterocycles. The van der Waals surface area contributed by atoms with Crippen molar-refractivity contribution in [2.75, 3.05) is 18.4 Å². The lowest BCUT2D eigenvalue weighted by molar-refractivity contribution is 0.0950. The minimum Gasteiger partial charge on any atom is -0.368 e. The molecule has 140 valence electrons. The van der Waals surface area contributed by atoms with Crippen molar-refractivity contribution in [2.24, 2.45) is 0 Å². The fraction of sp³-hybridized carbons (Fsp3) is 0.176. The van der Waals surface area contributed by atoms with Gasteiger partial charge in [0.15, 0.2) is 23.3 Å². The third-order valence-electron chi connectivity index (χ3n) is 3.56. The van der Waals surface area contributed by atoms with Crippen LogP contribution in [-0.2, 0) is 0 Å². The zero-order chi connectivity index (χ0) is 19.4. The van der Waals surface area contributed by atoms with Crippen molar-refractivity contribution in [1.29, 1.82) is 0 Å². The molecule has 1 amide bonds. The van der Waals surface area contributed by atoms with Gasteiger partial charge in [-0.05, 0) is 25.1 Å². The molecule has 0 radical (unpaired) electrons. The second-order valence-corrected chi connectivity index (χ2v) is 5.51. The minimum atomic E-state index is -1.68. The van der Waals surface area contributed by atoms with E-state index in [0.29, 0.717) is 23.5 Å². The molecule has 0 saturated carbocycles. The van der Waals surface area contributed by atoms with Crippen LogP contribution < -0.4 is 10.6 Å². The molecular weight excluding hydrogens is 361 g/mol. The number of rotatable bonds is 6. The van der Waals surface area contributed by atoms with Gasteiger partial charge in [-0.2, -0.15) is 5.10 Å². The summed E-state index contributed by atoms with van der Waals surface area (Å²) in [6, 6.07) is 5.03. The van der Waals surface area contributed by atoms with E-state index in [1.807, 2.05) is 0 Å². The standard InChI is InChI=1S/C17H15F3N6O/c1-10-24-13(9-14(25-10)26-8-2-5-23-26)21-6-7-22-17(27)11-3-4-12(18)16(20)15(11)19/h2-5,8-9H,6-7H2,1H3,(H,22,27)(H,21,24,25). The highest BCUT2D eigenvalue weighted by Crippen LogP contribution is 2.15. The number of anilines is 1. The number of benzene rings is 1. The molecule has 10 heteroatoms. The number of carbonyl (C=O) groups excluding carboxylic acids is 1. The van der Waals surface area contributed by atoms with Gasteiger partial charge in [0, 0.05) is 31.5 Å². The van der Waals surface area contributed by atoms with Crippen LogP contribution in [0.25, 0.3) is 5.82 Å². The maximum absolute atomic E-state index is 13.6. The molecule has 2 N–H and O–H groups in total. The number of hydrogen-bond donors (Lipinski definition) is 2. The zero-order valence-corrected chi connectivity index (χ0v) is 14.2. The molecule has 0 atom stereocenters. The van der Waals surface area contributed by atoms with Gasteiger partial charge in [0.05, 0.1) is 5.56 Å². The van der Waals surface area contributed by atoms with E-state index in [1.54, 1.807) is 36.1 Å². The molecule has 0 aliphatic rings. The summed E-state index contributed by atoms with van der Waals surface area (Å²) in [6.07, 6.45) is 3.36. The topological polar surface area (TPSA) is 84.7 Å². The summed E-state index contributed by atoms with van der Waals surface area (Å²) < 4.78 is 41.3. The highest BCUT2D eigenvalue weighted by atomic mass is 19.2. The first-order valence-electron chi connectivity index (χ1n) is 7.97. The maximum atomic E-state index is 13.6. The van der Waals surface area contributed by atoms with Crippen LogP contribution >= 0.6 is 0 Å². The fourth-order valence-electron chi connectivity index (χ4n) is 2.33. The van der Waals surface area contributed by atoms with Crippen molar-refractivity contribution in [3.8, 4) is 5.82 Å². The maximum Gasteiger partial charge on any atom is 0.254 e. The van der Waals surface area contributed by atoms with Gasteiger partial charge in [-0.3, -0.25) is 4.79 Å². The van der Waals surface area contributed by atoms with Crippen molar-refractivity contribution in [3.63, 3.8) is 0 Å². The normalized spacial score (nSPS) is 10.7. The number of hydrogen-bond acceptors (Lipinski definition) is 5. The van der Waals surface area contributed by atoms with E-state index in [2.05, 4.69) is 25.7 Å². The summed E-state index contributed by atoms with van der Waals surface area (Å²) in [5.41, 5.74) is -0.562. The van der Waals surface area contributed by atoms with E-state index < -0.39 is 28.9 Å². The molecule has 0 unspecified atom stereocenters. The second kappa shape index (κ2) is 7.85. The first kappa shape index (κ1) is 18.4. The van der Waals surface area contributed by atoms with E-state index >= 15 is 0 Å². The van der Waals surface area contributed by atoms with Crippen LogP contribution in [-0.4, -0.2) is 38.7 Å². The van der Waals surface area contributed by atoms with Crippen LogP contribution in [0.5, 0.6) is 0 Å². The third-order valence-corrected chi connectivity index (χ3v) is 3.56. The quantitative estimate of drug-likeness (QED) is 0.509. The van der Waals surface area contributed by atoms with Gasteiger partial charge >= 0.3 is 0 Å².